The molecule has 0 spiro atoms. The Bertz CT molecular complexity index is 1420. The van der Waals surface area contributed by atoms with Crippen molar-refractivity contribution in [3.63, 3.8) is 0 Å². The number of aryl methyl sites for hydroxylation is 2. The highest BCUT2D eigenvalue weighted by molar-refractivity contribution is 7.92. The molecule has 3 aromatic carbocycles. The van der Waals surface area contributed by atoms with Crippen molar-refractivity contribution in [2.75, 3.05) is 10.0 Å². The Balaban J connectivity index is 1.45. The standard InChI is InChI=1S/C26H24N4O4S/c1-18-16-25(28-19(2)27-18)30-35(32,33)23-14-12-21(13-15-23)29-26(31)24-11-7-6-8-20(24)17-34-22-9-4-3-5-10-22/h3-16H,17H2,1-2H3,(H,29,31)(H,27,28,30). The molecule has 2 N–H and O–H groups in total. The first-order valence-electron chi connectivity index (χ1n) is 10.8. The molecule has 8 nitrogen and oxygen atoms in total. The van der Waals surface area contributed by atoms with E-state index in [4.69, 9.17) is 4.74 Å². The molecule has 9 heteroatoms. The number of nitrogens with one attached hydrogen (secondary N) is 2. The van der Waals surface area contributed by atoms with Gasteiger partial charge in [0.2, 0.25) is 0 Å². The molecule has 0 aliphatic rings. The number of ether oxygens (including phenoxy) is 1. The molecule has 178 valence electrons. The van der Waals surface area contributed by atoms with Crippen LogP contribution in [0.1, 0.15) is 27.4 Å². The largest absolute Gasteiger partial charge is 0.489 e. The number of hydrogen-bond donors (Lipinski definition) is 2. The van der Waals surface area contributed by atoms with Crippen LogP contribution < -0.4 is 14.8 Å². The van der Waals surface area contributed by atoms with Crippen molar-refractivity contribution in [2.45, 2.75) is 25.3 Å². The fourth-order valence-corrected chi connectivity index (χ4v) is 4.42. The van der Waals surface area contributed by atoms with E-state index in [1.54, 1.807) is 32.0 Å². The highest BCUT2D eigenvalue weighted by Gasteiger charge is 2.17. The normalized spacial score (nSPS) is 11.0. The van der Waals surface area contributed by atoms with Gasteiger partial charge in [-0.15, -0.1) is 0 Å². The Morgan fingerprint density at radius 2 is 1.57 bits per heavy atom. The lowest BCUT2D eigenvalue weighted by atomic mass is 10.1. The van der Waals surface area contributed by atoms with Crippen molar-refractivity contribution in [2.24, 2.45) is 0 Å². The first-order chi connectivity index (χ1) is 16.8. The Morgan fingerprint density at radius 3 is 2.29 bits per heavy atom. The van der Waals surface area contributed by atoms with Crippen LogP contribution in [0.15, 0.2) is 89.8 Å². The SMILES string of the molecule is Cc1cc(NS(=O)(=O)c2ccc(NC(=O)c3ccccc3COc3ccccc3)cc2)nc(C)n1. The van der Waals surface area contributed by atoms with Crippen molar-refractivity contribution in [3.05, 3.63) is 108 Å². The van der Waals surface area contributed by atoms with E-state index in [0.29, 0.717) is 28.5 Å². The highest BCUT2D eigenvalue weighted by Crippen LogP contribution is 2.20. The summed E-state index contributed by atoms with van der Waals surface area (Å²) in [7, 11) is -3.85. The summed E-state index contributed by atoms with van der Waals surface area (Å²) in [6, 6.07) is 24.0. The summed E-state index contributed by atoms with van der Waals surface area (Å²) in [4.78, 5) is 21.2. The van der Waals surface area contributed by atoms with Crippen molar-refractivity contribution < 1.29 is 17.9 Å². The van der Waals surface area contributed by atoms with Crippen LogP contribution in [-0.4, -0.2) is 24.3 Å². The minimum Gasteiger partial charge on any atom is -0.489 e. The third-order valence-electron chi connectivity index (χ3n) is 5.03. The number of carbonyl (C=O) groups excluding carboxylic acids is 1. The molecule has 0 unspecified atom stereocenters. The average molecular weight is 489 g/mol. The van der Waals surface area contributed by atoms with E-state index in [2.05, 4.69) is 20.0 Å². The molecule has 0 aliphatic heterocycles. The maximum absolute atomic E-state index is 12.9. The summed E-state index contributed by atoms with van der Waals surface area (Å²) >= 11 is 0. The molecule has 0 fully saturated rings. The van der Waals surface area contributed by atoms with Gasteiger partial charge in [0.05, 0.1) is 4.90 Å². The van der Waals surface area contributed by atoms with Crippen LogP contribution in [0.5, 0.6) is 5.75 Å². The third kappa shape index (κ3) is 6.21. The van der Waals surface area contributed by atoms with E-state index in [9.17, 15) is 13.2 Å². The molecule has 0 bridgehead atoms. The Morgan fingerprint density at radius 1 is 0.886 bits per heavy atom. The molecule has 1 amide bonds. The summed E-state index contributed by atoms with van der Waals surface area (Å²) in [6.07, 6.45) is 0. The van der Waals surface area contributed by atoms with Crippen molar-refractivity contribution in [1.82, 2.24) is 9.97 Å². The number of anilines is 2. The second kappa shape index (κ2) is 10.4. The number of amides is 1. The molecule has 1 aromatic heterocycles. The second-order valence-electron chi connectivity index (χ2n) is 7.78. The molecule has 1 heterocycles. The van der Waals surface area contributed by atoms with E-state index in [1.807, 2.05) is 42.5 Å². The number of nitrogens with zero attached hydrogens (tertiary/aromatic N) is 2. The number of carbonyl (C=O) groups is 1. The smallest absolute Gasteiger partial charge is 0.263 e. The first kappa shape index (κ1) is 23.9. The van der Waals surface area contributed by atoms with Gasteiger partial charge in [-0.2, -0.15) is 0 Å². The van der Waals surface area contributed by atoms with Crippen LogP contribution in [0, 0.1) is 13.8 Å². The van der Waals surface area contributed by atoms with Gasteiger partial charge in [0.25, 0.3) is 15.9 Å². The third-order valence-corrected chi connectivity index (χ3v) is 6.40. The van der Waals surface area contributed by atoms with E-state index < -0.39 is 10.0 Å². The number of aromatic nitrogens is 2. The van der Waals surface area contributed by atoms with E-state index in [0.717, 1.165) is 5.56 Å². The van der Waals surface area contributed by atoms with Gasteiger partial charge in [-0.3, -0.25) is 9.52 Å². The van der Waals surface area contributed by atoms with E-state index in [-0.39, 0.29) is 23.2 Å². The van der Waals surface area contributed by atoms with Gasteiger partial charge in [0.15, 0.2) is 0 Å². The van der Waals surface area contributed by atoms with Crippen LogP contribution in [0.25, 0.3) is 0 Å². The molecule has 0 aliphatic carbocycles. The van der Waals surface area contributed by atoms with Gasteiger partial charge >= 0.3 is 0 Å². The van der Waals surface area contributed by atoms with Gasteiger partial charge in [-0.25, -0.2) is 18.4 Å². The number of para-hydroxylation sites is 1. The van der Waals surface area contributed by atoms with Crippen molar-refractivity contribution in [1.29, 1.82) is 0 Å². The zero-order valence-corrected chi connectivity index (χ0v) is 20.0. The number of rotatable bonds is 8. The summed E-state index contributed by atoms with van der Waals surface area (Å²) in [6.45, 7) is 3.68. The maximum Gasteiger partial charge on any atom is 0.263 e. The highest BCUT2D eigenvalue weighted by atomic mass is 32.2. The average Bonchev–Trinajstić information content (AvgIpc) is 2.83. The quantitative estimate of drug-likeness (QED) is 0.371. The Labute approximate surface area is 204 Å². The van der Waals surface area contributed by atoms with Crippen LogP contribution in [0.2, 0.25) is 0 Å². The van der Waals surface area contributed by atoms with Crippen LogP contribution in [-0.2, 0) is 16.6 Å². The molecule has 4 aromatic rings. The summed E-state index contributed by atoms with van der Waals surface area (Å²) in [5.41, 5.74) is 2.31. The molecular weight excluding hydrogens is 464 g/mol. The van der Waals surface area contributed by atoms with Crippen LogP contribution in [0.4, 0.5) is 11.5 Å². The zero-order chi connectivity index (χ0) is 24.8. The van der Waals surface area contributed by atoms with E-state index in [1.165, 1.54) is 24.3 Å². The molecule has 0 saturated heterocycles. The predicted octanol–water partition coefficient (Wildman–Crippen LogP) is 4.73. The van der Waals surface area contributed by atoms with Crippen LogP contribution in [0.3, 0.4) is 0 Å². The lowest BCUT2D eigenvalue weighted by Gasteiger charge is -2.12. The molecule has 0 radical (unpaired) electrons. The lowest BCUT2D eigenvalue weighted by Crippen LogP contribution is -2.16. The maximum atomic E-state index is 12.9. The monoisotopic (exact) mass is 488 g/mol. The minimum absolute atomic E-state index is 0.0427. The van der Waals surface area contributed by atoms with Gasteiger partial charge in [-0.05, 0) is 56.3 Å². The number of benzene rings is 3. The molecular formula is C26H24N4O4S. The minimum atomic E-state index is -3.85. The Hall–Kier alpha value is -4.24. The van der Waals surface area contributed by atoms with Crippen LogP contribution >= 0.6 is 0 Å². The molecule has 35 heavy (non-hydrogen) atoms. The van der Waals surface area contributed by atoms with Crippen molar-refractivity contribution in [3.8, 4) is 5.75 Å². The predicted molar refractivity (Wildman–Crippen MR) is 134 cm³/mol. The fraction of sp³-hybridized carbons (Fsp3) is 0.115. The first-order valence-corrected chi connectivity index (χ1v) is 12.3. The molecule has 4 rings (SSSR count). The molecule has 0 saturated carbocycles. The van der Waals surface area contributed by atoms with Gasteiger partial charge in [0, 0.05) is 28.6 Å². The van der Waals surface area contributed by atoms with Gasteiger partial charge in [-0.1, -0.05) is 36.4 Å². The summed E-state index contributed by atoms with van der Waals surface area (Å²) in [5.74, 6) is 1.05. The second-order valence-corrected chi connectivity index (χ2v) is 9.47. The van der Waals surface area contributed by atoms with Gasteiger partial charge in [0.1, 0.15) is 24.0 Å². The number of sulfonamides is 1. The van der Waals surface area contributed by atoms with Crippen molar-refractivity contribution >= 4 is 27.4 Å². The topological polar surface area (TPSA) is 110 Å². The lowest BCUT2D eigenvalue weighted by molar-refractivity contribution is 0.102. The number of hydrogen-bond acceptors (Lipinski definition) is 6. The zero-order valence-electron chi connectivity index (χ0n) is 19.2. The summed E-state index contributed by atoms with van der Waals surface area (Å²) in [5, 5.41) is 2.81. The Kier molecular flexibility index (Phi) is 7.07. The van der Waals surface area contributed by atoms with Gasteiger partial charge < -0.3 is 10.1 Å². The molecule has 0 atom stereocenters. The summed E-state index contributed by atoms with van der Waals surface area (Å²) < 4.78 is 33.7. The van der Waals surface area contributed by atoms with E-state index >= 15 is 0 Å². The fourth-order valence-electron chi connectivity index (χ4n) is 3.43.